The van der Waals surface area contributed by atoms with Crippen molar-refractivity contribution in [2.24, 2.45) is 0 Å². The Kier molecular flexibility index (Phi) is 2.82. The fourth-order valence-electron chi connectivity index (χ4n) is 2.89. The Morgan fingerprint density at radius 2 is 2.05 bits per heavy atom. The first kappa shape index (κ1) is 12.8. The number of ether oxygens (including phenoxy) is 1. The average molecular weight is 291 g/mol. The number of carboxylic acid groups (broad SMARTS) is 1. The van der Waals surface area contributed by atoms with Crippen LogP contribution in [-0.4, -0.2) is 22.7 Å². The van der Waals surface area contributed by atoms with Gasteiger partial charge < -0.3 is 9.84 Å². The van der Waals surface area contributed by atoms with Gasteiger partial charge in [0.1, 0.15) is 11.3 Å². The van der Waals surface area contributed by atoms with Crippen molar-refractivity contribution >= 4 is 16.9 Å². The molecule has 1 aromatic heterocycles. The van der Waals surface area contributed by atoms with E-state index < -0.39 is 5.97 Å². The maximum atomic E-state index is 11.5. The summed E-state index contributed by atoms with van der Waals surface area (Å²) in [7, 11) is 0. The molecule has 2 heterocycles. The Morgan fingerprint density at radius 1 is 1.14 bits per heavy atom. The highest BCUT2D eigenvalue weighted by Gasteiger charge is 2.22. The molecule has 0 bridgehead atoms. The van der Waals surface area contributed by atoms with E-state index in [2.05, 4.69) is 4.98 Å². The van der Waals surface area contributed by atoms with Gasteiger partial charge in [0.25, 0.3) is 0 Å². The summed E-state index contributed by atoms with van der Waals surface area (Å²) in [6.45, 7) is 0.542. The highest BCUT2D eigenvalue weighted by atomic mass is 16.5. The van der Waals surface area contributed by atoms with E-state index in [-0.39, 0.29) is 5.56 Å². The molecule has 4 nitrogen and oxygen atoms in total. The standard InChI is InChI=1S/C18H13NO3/c20-18(21)15-10-14(9-13-5-7-22-17(13)15)11-3-4-16-12(8-11)2-1-6-19-16/h1-4,6,8-10H,5,7H2,(H,20,21). The highest BCUT2D eigenvalue weighted by molar-refractivity contribution is 5.94. The molecule has 0 fully saturated rings. The zero-order valence-corrected chi connectivity index (χ0v) is 11.7. The summed E-state index contributed by atoms with van der Waals surface area (Å²) in [6.07, 6.45) is 2.51. The van der Waals surface area contributed by atoms with Gasteiger partial charge in [0.05, 0.1) is 12.1 Å². The van der Waals surface area contributed by atoms with Gasteiger partial charge in [-0.25, -0.2) is 4.79 Å². The van der Waals surface area contributed by atoms with Gasteiger partial charge in [-0.2, -0.15) is 0 Å². The van der Waals surface area contributed by atoms with Crippen LogP contribution in [-0.2, 0) is 6.42 Å². The minimum atomic E-state index is -0.956. The summed E-state index contributed by atoms with van der Waals surface area (Å²) in [4.78, 5) is 15.8. The molecule has 1 N–H and O–H groups in total. The van der Waals surface area contributed by atoms with Crippen molar-refractivity contribution in [3.8, 4) is 16.9 Å². The lowest BCUT2D eigenvalue weighted by Gasteiger charge is -2.09. The molecule has 4 rings (SSSR count). The number of rotatable bonds is 2. The van der Waals surface area contributed by atoms with Crippen LogP contribution in [0.2, 0.25) is 0 Å². The molecule has 0 saturated heterocycles. The zero-order chi connectivity index (χ0) is 15.1. The van der Waals surface area contributed by atoms with Crippen molar-refractivity contribution in [2.45, 2.75) is 6.42 Å². The number of nitrogens with zero attached hydrogens (tertiary/aromatic N) is 1. The number of aromatic nitrogens is 1. The van der Waals surface area contributed by atoms with Crippen LogP contribution in [0.15, 0.2) is 48.7 Å². The topological polar surface area (TPSA) is 59.4 Å². The van der Waals surface area contributed by atoms with E-state index in [9.17, 15) is 9.90 Å². The monoisotopic (exact) mass is 291 g/mol. The molecule has 0 saturated carbocycles. The summed E-state index contributed by atoms with van der Waals surface area (Å²) in [5, 5.41) is 10.4. The molecule has 3 aromatic rings. The fourth-order valence-corrected chi connectivity index (χ4v) is 2.89. The predicted molar refractivity (Wildman–Crippen MR) is 83.3 cm³/mol. The molecule has 108 valence electrons. The third-order valence-corrected chi connectivity index (χ3v) is 3.95. The van der Waals surface area contributed by atoms with Crippen molar-refractivity contribution in [3.05, 3.63) is 59.8 Å². The predicted octanol–water partition coefficient (Wildman–Crippen LogP) is 3.53. The van der Waals surface area contributed by atoms with Gasteiger partial charge in [-0.3, -0.25) is 4.98 Å². The normalized spacial score (nSPS) is 12.9. The number of hydrogen-bond donors (Lipinski definition) is 1. The molecule has 0 amide bonds. The SMILES string of the molecule is O=C(O)c1cc(-c2ccc3ncccc3c2)cc2c1OCC2. The smallest absolute Gasteiger partial charge is 0.339 e. The maximum absolute atomic E-state index is 11.5. The maximum Gasteiger partial charge on any atom is 0.339 e. The number of fused-ring (bicyclic) bond motifs is 2. The van der Waals surface area contributed by atoms with Crippen LogP contribution in [0.25, 0.3) is 22.0 Å². The first-order valence-electron chi connectivity index (χ1n) is 7.10. The zero-order valence-electron chi connectivity index (χ0n) is 11.7. The molecule has 2 aromatic carbocycles. The number of carboxylic acids is 1. The molecule has 22 heavy (non-hydrogen) atoms. The van der Waals surface area contributed by atoms with Gasteiger partial charge in [-0.05, 0) is 47.0 Å². The Morgan fingerprint density at radius 3 is 2.91 bits per heavy atom. The molecule has 0 radical (unpaired) electrons. The van der Waals surface area contributed by atoms with Crippen molar-refractivity contribution in [1.29, 1.82) is 0 Å². The Hall–Kier alpha value is -2.88. The van der Waals surface area contributed by atoms with E-state index in [1.807, 2.05) is 36.4 Å². The summed E-state index contributed by atoms with van der Waals surface area (Å²) < 4.78 is 5.46. The number of hydrogen-bond acceptors (Lipinski definition) is 3. The van der Waals surface area contributed by atoms with Crippen LogP contribution < -0.4 is 4.74 Å². The van der Waals surface area contributed by atoms with Gasteiger partial charge in [0, 0.05) is 18.0 Å². The Labute approximate surface area is 127 Å². The molecule has 0 aliphatic carbocycles. The third-order valence-electron chi connectivity index (χ3n) is 3.95. The summed E-state index contributed by atoms with van der Waals surface area (Å²) >= 11 is 0. The number of aromatic carboxylic acids is 1. The second-order valence-corrected chi connectivity index (χ2v) is 5.33. The number of carbonyl (C=O) groups is 1. The van der Waals surface area contributed by atoms with Crippen LogP contribution in [0.3, 0.4) is 0 Å². The molecular weight excluding hydrogens is 278 g/mol. The van der Waals surface area contributed by atoms with Gasteiger partial charge in [0.15, 0.2) is 0 Å². The van der Waals surface area contributed by atoms with Crippen molar-refractivity contribution in [1.82, 2.24) is 4.98 Å². The van der Waals surface area contributed by atoms with Crippen LogP contribution in [0.1, 0.15) is 15.9 Å². The van der Waals surface area contributed by atoms with E-state index in [0.29, 0.717) is 12.4 Å². The quantitative estimate of drug-likeness (QED) is 0.784. The van der Waals surface area contributed by atoms with Gasteiger partial charge in [-0.1, -0.05) is 12.1 Å². The molecule has 1 aliphatic rings. The summed E-state index contributed by atoms with van der Waals surface area (Å²) in [5.41, 5.74) is 4.00. The second kappa shape index (κ2) is 4.84. The third kappa shape index (κ3) is 2.00. The highest BCUT2D eigenvalue weighted by Crippen LogP contribution is 2.35. The second-order valence-electron chi connectivity index (χ2n) is 5.33. The van der Waals surface area contributed by atoms with E-state index >= 15 is 0 Å². The van der Waals surface area contributed by atoms with Crippen LogP contribution >= 0.6 is 0 Å². The van der Waals surface area contributed by atoms with E-state index in [1.165, 1.54) is 0 Å². The molecule has 4 heteroatoms. The lowest BCUT2D eigenvalue weighted by Crippen LogP contribution is -2.00. The minimum absolute atomic E-state index is 0.233. The number of pyridine rings is 1. The van der Waals surface area contributed by atoms with Gasteiger partial charge in [-0.15, -0.1) is 0 Å². The molecule has 0 unspecified atom stereocenters. The first-order chi connectivity index (χ1) is 10.7. The molecule has 1 aliphatic heterocycles. The molecular formula is C18H13NO3. The van der Waals surface area contributed by atoms with Crippen LogP contribution in [0, 0.1) is 0 Å². The molecule has 0 atom stereocenters. The van der Waals surface area contributed by atoms with Crippen LogP contribution in [0.5, 0.6) is 5.75 Å². The fraction of sp³-hybridized carbons (Fsp3) is 0.111. The lowest BCUT2D eigenvalue weighted by atomic mass is 9.97. The number of benzene rings is 2. The minimum Gasteiger partial charge on any atom is -0.492 e. The first-order valence-corrected chi connectivity index (χ1v) is 7.10. The summed E-state index contributed by atoms with van der Waals surface area (Å²) in [6, 6.07) is 13.6. The Balaban J connectivity index is 1.91. The largest absolute Gasteiger partial charge is 0.492 e. The van der Waals surface area contributed by atoms with Gasteiger partial charge >= 0.3 is 5.97 Å². The van der Waals surface area contributed by atoms with E-state index in [1.54, 1.807) is 12.3 Å². The Bertz CT molecular complexity index is 902. The van der Waals surface area contributed by atoms with E-state index in [4.69, 9.17) is 4.74 Å². The average Bonchev–Trinajstić information content (AvgIpc) is 3.01. The van der Waals surface area contributed by atoms with Crippen LogP contribution in [0.4, 0.5) is 0 Å². The van der Waals surface area contributed by atoms with Crippen molar-refractivity contribution in [2.75, 3.05) is 6.61 Å². The lowest BCUT2D eigenvalue weighted by molar-refractivity contribution is 0.0693. The molecule has 0 spiro atoms. The van der Waals surface area contributed by atoms with Crippen molar-refractivity contribution < 1.29 is 14.6 Å². The van der Waals surface area contributed by atoms with Gasteiger partial charge in [0.2, 0.25) is 0 Å². The van der Waals surface area contributed by atoms with Crippen molar-refractivity contribution in [3.63, 3.8) is 0 Å². The van der Waals surface area contributed by atoms with E-state index in [0.717, 1.165) is 34.0 Å². The summed E-state index contributed by atoms with van der Waals surface area (Å²) in [5.74, 6) is -0.443.